The zero-order chi connectivity index (χ0) is 21.3. The topological polar surface area (TPSA) is 103 Å². The average Bonchev–Trinajstić information content (AvgIpc) is 2.69. The normalized spacial score (nSPS) is 18.8. The monoisotopic (exact) mass is 432 g/mol. The minimum Gasteiger partial charge on any atom is -0.447 e. The Morgan fingerprint density at radius 1 is 0.931 bits per heavy atom. The second-order valence-corrected chi connectivity index (χ2v) is 8.56. The summed E-state index contributed by atoms with van der Waals surface area (Å²) >= 11 is 2.00. The maximum Gasteiger partial charge on any atom is 0.407 e. The summed E-state index contributed by atoms with van der Waals surface area (Å²) in [5.41, 5.74) is 0. The first kappa shape index (κ1) is 25.7. The summed E-state index contributed by atoms with van der Waals surface area (Å²) in [5.74, 6) is 1.00. The molecule has 29 heavy (non-hydrogen) atoms. The Labute approximate surface area is 178 Å². The molecular weight excluding hydrogens is 396 g/mol. The number of amides is 2. The fraction of sp³-hybridized carbons (Fsp3) is 0.850. The van der Waals surface area contributed by atoms with Crippen molar-refractivity contribution in [3.63, 3.8) is 0 Å². The second kappa shape index (κ2) is 16.5. The van der Waals surface area contributed by atoms with Gasteiger partial charge in [0, 0.05) is 30.7 Å². The van der Waals surface area contributed by atoms with Crippen molar-refractivity contribution in [3.8, 4) is 0 Å². The van der Waals surface area contributed by atoms with Crippen molar-refractivity contribution < 1.29 is 28.6 Å². The predicted molar refractivity (Wildman–Crippen MR) is 113 cm³/mol. The molecule has 9 heteroatoms. The van der Waals surface area contributed by atoms with Gasteiger partial charge in [-0.2, -0.15) is 11.8 Å². The van der Waals surface area contributed by atoms with Gasteiger partial charge >= 0.3 is 6.09 Å². The van der Waals surface area contributed by atoms with Crippen molar-refractivity contribution >= 4 is 29.5 Å². The van der Waals surface area contributed by atoms with Crippen molar-refractivity contribution in [1.29, 1.82) is 0 Å². The fourth-order valence-electron chi connectivity index (χ4n) is 2.97. The molecule has 0 saturated heterocycles. The van der Waals surface area contributed by atoms with Gasteiger partial charge in [0.05, 0.1) is 26.4 Å². The lowest BCUT2D eigenvalue weighted by Crippen LogP contribution is -2.38. The minimum absolute atomic E-state index is 0.00345. The highest BCUT2D eigenvalue weighted by atomic mass is 32.2. The third kappa shape index (κ3) is 14.3. The molecule has 1 aliphatic rings. The van der Waals surface area contributed by atoms with Gasteiger partial charge in [0.15, 0.2) is 0 Å². The first-order chi connectivity index (χ1) is 14.0. The number of carbonyl (C=O) groups excluding carboxylic acids is 3. The van der Waals surface area contributed by atoms with Gasteiger partial charge in [-0.15, -0.1) is 0 Å². The first-order valence-electron chi connectivity index (χ1n) is 10.5. The van der Waals surface area contributed by atoms with Crippen molar-refractivity contribution in [2.75, 3.05) is 45.3 Å². The Hall–Kier alpha value is -1.32. The standard InChI is InChI=1S/C20H36N2O6S/c1-3-29-18-7-5-17(6-8-18)22-20(25)28-15-14-27-13-12-26-11-10-21-19(24)9-4-16(2)23/h17-18H,3-15H2,1-2H3,(H,21,24)(H,22,25). The summed E-state index contributed by atoms with van der Waals surface area (Å²) in [6.45, 7) is 5.74. The molecule has 8 nitrogen and oxygen atoms in total. The number of alkyl carbamates (subject to hydrolysis) is 1. The number of hydrogen-bond acceptors (Lipinski definition) is 7. The number of Topliss-reactive ketones (excluding diaryl/α,β-unsaturated/α-hetero) is 1. The molecule has 0 radical (unpaired) electrons. The van der Waals surface area contributed by atoms with Crippen LogP contribution in [0.15, 0.2) is 0 Å². The lowest BCUT2D eigenvalue weighted by molar-refractivity contribution is -0.124. The number of ketones is 1. The summed E-state index contributed by atoms with van der Waals surface area (Å²) in [5, 5.41) is 6.34. The van der Waals surface area contributed by atoms with E-state index >= 15 is 0 Å². The molecule has 1 aliphatic carbocycles. The lowest BCUT2D eigenvalue weighted by atomic mass is 9.95. The van der Waals surface area contributed by atoms with Crippen molar-refractivity contribution in [3.05, 3.63) is 0 Å². The van der Waals surface area contributed by atoms with E-state index in [0.717, 1.165) is 36.7 Å². The molecule has 2 N–H and O–H groups in total. The summed E-state index contributed by atoms with van der Waals surface area (Å²) in [7, 11) is 0. The number of carbonyl (C=O) groups is 3. The molecule has 0 spiro atoms. The van der Waals surface area contributed by atoms with E-state index in [1.165, 1.54) is 6.92 Å². The first-order valence-corrected chi connectivity index (χ1v) is 11.5. The van der Waals surface area contributed by atoms with Gasteiger partial charge in [-0.1, -0.05) is 6.92 Å². The van der Waals surface area contributed by atoms with Crippen molar-refractivity contribution in [2.45, 2.75) is 63.7 Å². The molecule has 0 aromatic carbocycles. The van der Waals surface area contributed by atoms with Gasteiger partial charge in [-0.25, -0.2) is 4.79 Å². The van der Waals surface area contributed by atoms with E-state index in [4.69, 9.17) is 14.2 Å². The van der Waals surface area contributed by atoms with Crippen LogP contribution < -0.4 is 10.6 Å². The molecule has 1 fully saturated rings. The van der Waals surface area contributed by atoms with Gasteiger partial charge in [0.1, 0.15) is 12.4 Å². The van der Waals surface area contributed by atoms with Crippen LogP contribution in [-0.4, -0.2) is 74.4 Å². The SMILES string of the molecule is CCSC1CCC(NC(=O)OCCOCCOCCNC(=O)CCC(C)=O)CC1. The third-order valence-corrected chi connectivity index (χ3v) is 5.78. The Balaban J connectivity index is 1.86. The molecule has 168 valence electrons. The molecule has 1 rings (SSSR count). The van der Waals surface area contributed by atoms with Crippen LogP contribution in [0.25, 0.3) is 0 Å². The molecular formula is C20H36N2O6S. The highest BCUT2D eigenvalue weighted by Crippen LogP contribution is 2.28. The molecule has 0 aromatic rings. The van der Waals surface area contributed by atoms with Gasteiger partial charge in [-0.3, -0.25) is 4.79 Å². The summed E-state index contributed by atoms with van der Waals surface area (Å²) in [6, 6.07) is 0.216. The Bertz CT molecular complexity index is 484. The van der Waals surface area contributed by atoms with Crippen molar-refractivity contribution in [2.24, 2.45) is 0 Å². The molecule has 0 aliphatic heterocycles. The van der Waals surface area contributed by atoms with Crippen LogP contribution in [-0.2, 0) is 23.8 Å². The third-order valence-electron chi connectivity index (χ3n) is 4.50. The van der Waals surface area contributed by atoms with Crippen molar-refractivity contribution in [1.82, 2.24) is 10.6 Å². The lowest BCUT2D eigenvalue weighted by Gasteiger charge is -2.28. The zero-order valence-corrected chi connectivity index (χ0v) is 18.5. The van der Waals surface area contributed by atoms with Crippen LogP contribution in [0.2, 0.25) is 0 Å². The maximum absolute atomic E-state index is 11.8. The van der Waals surface area contributed by atoms with Crippen LogP contribution >= 0.6 is 11.8 Å². The van der Waals surface area contributed by atoms with Gasteiger partial charge in [-0.05, 0) is 38.4 Å². The van der Waals surface area contributed by atoms with E-state index in [0.29, 0.717) is 33.0 Å². The van der Waals surface area contributed by atoms with Crippen LogP contribution in [0.1, 0.15) is 52.4 Å². The number of nitrogens with one attached hydrogen (secondary N) is 2. The highest BCUT2D eigenvalue weighted by Gasteiger charge is 2.22. The molecule has 0 bridgehead atoms. The largest absolute Gasteiger partial charge is 0.447 e. The minimum atomic E-state index is -0.378. The van der Waals surface area contributed by atoms with Gasteiger partial charge < -0.3 is 29.6 Å². The van der Waals surface area contributed by atoms with Gasteiger partial charge in [0.25, 0.3) is 0 Å². The maximum atomic E-state index is 11.8. The number of rotatable bonds is 15. The Morgan fingerprint density at radius 2 is 1.59 bits per heavy atom. The zero-order valence-electron chi connectivity index (χ0n) is 17.7. The van der Waals surface area contributed by atoms with Crippen LogP contribution in [0.3, 0.4) is 0 Å². The molecule has 1 saturated carbocycles. The van der Waals surface area contributed by atoms with E-state index in [9.17, 15) is 14.4 Å². The van der Waals surface area contributed by atoms with E-state index in [2.05, 4.69) is 17.6 Å². The summed E-state index contributed by atoms with van der Waals surface area (Å²) in [6.07, 6.45) is 4.42. The van der Waals surface area contributed by atoms with Crippen LogP contribution in [0.4, 0.5) is 4.79 Å². The smallest absolute Gasteiger partial charge is 0.407 e. The van der Waals surface area contributed by atoms with E-state index in [-0.39, 0.29) is 43.3 Å². The Kier molecular flexibility index (Phi) is 14.6. The van der Waals surface area contributed by atoms with E-state index in [1.807, 2.05) is 11.8 Å². The fourth-order valence-corrected chi connectivity index (χ4v) is 4.05. The summed E-state index contributed by atoms with van der Waals surface area (Å²) in [4.78, 5) is 34.0. The average molecular weight is 433 g/mol. The van der Waals surface area contributed by atoms with Crippen LogP contribution in [0.5, 0.6) is 0 Å². The Morgan fingerprint density at radius 3 is 2.24 bits per heavy atom. The van der Waals surface area contributed by atoms with Crippen LogP contribution in [0, 0.1) is 0 Å². The number of thioether (sulfide) groups is 1. The number of ether oxygens (including phenoxy) is 3. The molecule has 0 unspecified atom stereocenters. The predicted octanol–water partition coefficient (Wildman–Crippen LogP) is 2.30. The van der Waals surface area contributed by atoms with Gasteiger partial charge in [0.2, 0.25) is 5.91 Å². The van der Waals surface area contributed by atoms with E-state index < -0.39 is 0 Å². The molecule has 0 atom stereocenters. The molecule has 0 heterocycles. The quantitative estimate of drug-likeness (QED) is 0.383. The summed E-state index contributed by atoms with van der Waals surface area (Å²) < 4.78 is 15.8. The second-order valence-electron chi connectivity index (χ2n) is 6.99. The highest BCUT2D eigenvalue weighted by molar-refractivity contribution is 7.99. The van der Waals surface area contributed by atoms with E-state index in [1.54, 1.807) is 0 Å². The molecule has 2 amide bonds. The number of hydrogen-bond donors (Lipinski definition) is 2. The molecule has 0 aromatic heterocycles.